The zero-order chi connectivity index (χ0) is 19.9. The first-order chi connectivity index (χ1) is 13.6. The van der Waals surface area contributed by atoms with Crippen LogP contribution in [0, 0.1) is 0 Å². The number of aromatic nitrogens is 2. The van der Waals surface area contributed by atoms with E-state index in [1.54, 1.807) is 12.6 Å². The highest BCUT2D eigenvalue weighted by molar-refractivity contribution is 6.00. The molecule has 1 heterocycles. The van der Waals surface area contributed by atoms with Gasteiger partial charge in [-0.1, -0.05) is 18.2 Å². The van der Waals surface area contributed by atoms with Crippen LogP contribution in [0.2, 0.25) is 0 Å². The van der Waals surface area contributed by atoms with Gasteiger partial charge in [-0.3, -0.25) is 19.9 Å². The molecule has 8 nitrogen and oxygen atoms in total. The average molecular weight is 382 g/mol. The van der Waals surface area contributed by atoms with Crippen LogP contribution in [0.15, 0.2) is 42.5 Å². The number of fused-ring (bicyclic) bond motifs is 1. The van der Waals surface area contributed by atoms with Gasteiger partial charge < -0.3 is 10.1 Å². The zero-order valence-corrected chi connectivity index (χ0v) is 15.5. The van der Waals surface area contributed by atoms with Gasteiger partial charge >= 0.3 is 0 Å². The van der Waals surface area contributed by atoms with Gasteiger partial charge in [-0.05, 0) is 48.2 Å². The summed E-state index contributed by atoms with van der Waals surface area (Å²) in [5, 5.41) is 19.2. The molecule has 0 saturated heterocycles. The number of carbonyl (C=O) groups is 2. The third-order valence-electron chi connectivity index (χ3n) is 4.41. The van der Waals surface area contributed by atoms with E-state index in [0.717, 1.165) is 27.8 Å². The number of hydrogen-bond acceptors (Lipinski definition) is 5. The molecule has 2 amide bonds. The Balaban J connectivity index is 1.65. The van der Waals surface area contributed by atoms with Crippen molar-refractivity contribution in [3.63, 3.8) is 0 Å². The molecule has 0 atom stereocenters. The van der Waals surface area contributed by atoms with Crippen molar-refractivity contribution in [1.82, 2.24) is 15.7 Å². The molecule has 3 rings (SSSR count). The highest BCUT2D eigenvalue weighted by Crippen LogP contribution is 2.29. The maximum Gasteiger partial charge on any atom is 0.243 e. The van der Waals surface area contributed by atoms with Gasteiger partial charge in [0.1, 0.15) is 5.75 Å². The molecule has 3 aromatic rings. The van der Waals surface area contributed by atoms with Gasteiger partial charge in [-0.25, -0.2) is 5.48 Å². The van der Waals surface area contributed by atoms with Gasteiger partial charge in [-0.15, -0.1) is 0 Å². The van der Waals surface area contributed by atoms with E-state index in [4.69, 9.17) is 9.94 Å². The van der Waals surface area contributed by atoms with E-state index in [2.05, 4.69) is 15.5 Å². The smallest absolute Gasteiger partial charge is 0.243 e. The lowest BCUT2D eigenvalue weighted by atomic mass is 10.0. The predicted octanol–water partition coefficient (Wildman–Crippen LogP) is 3.24. The van der Waals surface area contributed by atoms with Crippen molar-refractivity contribution in [3.8, 4) is 16.9 Å². The number of ether oxygens (including phenoxy) is 1. The van der Waals surface area contributed by atoms with Crippen LogP contribution in [-0.2, 0) is 9.59 Å². The normalized spacial score (nSPS) is 10.6. The molecule has 0 fully saturated rings. The first-order valence-corrected chi connectivity index (χ1v) is 8.96. The highest BCUT2D eigenvalue weighted by atomic mass is 16.5. The predicted molar refractivity (Wildman–Crippen MR) is 105 cm³/mol. The minimum absolute atomic E-state index is 0.172. The lowest BCUT2D eigenvalue weighted by molar-refractivity contribution is -0.129. The van der Waals surface area contributed by atoms with Crippen molar-refractivity contribution < 1.29 is 19.5 Å². The summed E-state index contributed by atoms with van der Waals surface area (Å²) in [4.78, 5) is 23.0. The number of benzene rings is 2. The van der Waals surface area contributed by atoms with Gasteiger partial charge in [-0.2, -0.15) is 5.10 Å². The van der Waals surface area contributed by atoms with E-state index in [0.29, 0.717) is 18.7 Å². The van der Waals surface area contributed by atoms with Gasteiger partial charge in [0.2, 0.25) is 11.8 Å². The molecule has 2 aromatic carbocycles. The second-order valence-electron chi connectivity index (χ2n) is 6.35. The quantitative estimate of drug-likeness (QED) is 0.271. The molecule has 4 N–H and O–H groups in total. The summed E-state index contributed by atoms with van der Waals surface area (Å²) in [6.45, 7) is 0. The fourth-order valence-electron chi connectivity index (χ4n) is 2.92. The Labute approximate surface area is 161 Å². The van der Waals surface area contributed by atoms with Crippen molar-refractivity contribution in [1.29, 1.82) is 0 Å². The summed E-state index contributed by atoms with van der Waals surface area (Å²) in [5.74, 6) is 0.636. The van der Waals surface area contributed by atoms with Crippen LogP contribution < -0.4 is 15.5 Å². The third-order valence-corrected chi connectivity index (χ3v) is 4.41. The van der Waals surface area contributed by atoms with Crippen LogP contribution in [0.1, 0.15) is 25.7 Å². The number of carbonyl (C=O) groups excluding carboxylic acids is 2. The molecule has 146 valence electrons. The first kappa shape index (κ1) is 19.4. The minimum Gasteiger partial charge on any atom is -0.497 e. The van der Waals surface area contributed by atoms with Crippen LogP contribution in [0.5, 0.6) is 5.75 Å². The summed E-state index contributed by atoms with van der Waals surface area (Å²) in [6.07, 6.45) is 1.52. The molecular formula is C20H22N4O4. The second-order valence-corrected chi connectivity index (χ2v) is 6.35. The second kappa shape index (κ2) is 9.01. The Bertz CT molecular complexity index is 983. The number of H-pyrrole nitrogens is 1. The van der Waals surface area contributed by atoms with Gasteiger partial charge in [0, 0.05) is 18.2 Å². The van der Waals surface area contributed by atoms with Gasteiger partial charge in [0.25, 0.3) is 0 Å². The molecule has 0 spiro atoms. The number of anilines is 1. The Morgan fingerprint density at radius 1 is 1.07 bits per heavy atom. The largest absolute Gasteiger partial charge is 0.497 e. The van der Waals surface area contributed by atoms with E-state index in [-0.39, 0.29) is 18.7 Å². The zero-order valence-electron chi connectivity index (χ0n) is 15.5. The molecule has 0 aliphatic rings. The number of methoxy groups -OCH3 is 1. The molecule has 0 saturated carbocycles. The van der Waals surface area contributed by atoms with Crippen LogP contribution in [0.3, 0.4) is 0 Å². The Morgan fingerprint density at radius 3 is 2.57 bits per heavy atom. The highest BCUT2D eigenvalue weighted by Gasteiger charge is 2.11. The van der Waals surface area contributed by atoms with Crippen LogP contribution in [0.25, 0.3) is 22.0 Å². The lowest BCUT2D eigenvalue weighted by Crippen LogP contribution is -2.18. The van der Waals surface area contributed by atoms with E-state index < -0.39 is 5.91 Å². The van der Waals surface area contributed by atoms with Crippen molar-refractivity contribution in [2.45, 2.75) is 25.7 Å². The van der Waals surface area contributed by atoms with Crippen LogP contribution in [0.4, 0.5) is 5.82 Å². The summed E-state index contributed by atoms with van der Waals surface area (Å²) in [6, 6.07) is 13.6. The molecule has 1 aromatic heterocycles. The Kier molecular flexibility index (Phi) is 6.23. The van der Waals surface area contributed by atoms with Crippen molar-refractivity contribution >= 4 is 28.5 Å². The maximum atomic E-state index is 12.1. The van der Waals surface area contributed by atoms with E-state index in [1.807, 2.05) is 42.5 Å². The number of aromatic amines is 1. The number of rotatable bonds is 8. The summed E-state index contributed by atoms with van der Waals surface area (Å²) in [7, 11) is 1.63. The van der Waals surface area contributed by atoms with Crippen molar-refractivity contribution in [2.75, 3.05) is 12.4 Å². The fourth-order valence-corrected chi connectivity index (χ4v) is 2.92. The summed E-state index contributed by atoms with van der Waals surface area (Å²) >= 11 is 0. The molecule has 0 unspecified atom stereocenters. The molecule has 28 heavy (non-hydrogen) atoms. The number of nitrogens with one attached hydrogen (secondary N) is 3. The number of amides is 2. The molecule has 0 radical (unpaired) electrons. The van der Waals surface area contributed by atoms with Gasteiger partial charge in [0.05, 0.1) is 12.6 Å². The topological polar surface area (TPSA) is 116 Å². The average Bonchev–Trinajstić information content (AvgIpc) is 3.13. The van der Waals surface area contributed by atoms with Crippen LogP contribution >= 0.6 is 0 Å². The van der Waals surface area contributed by atoms with Crippen molar-refractivity contribution in [2.24, 2.45) is 0 Å². The maximum absolute atomic E-state index is 12.1. The number of hydroxylamine groups is 1. The van der Waals surface area contributed by atoms with E-state index >= 15 is 0 Å². The summed E-state index contributed by atoms with van der Waals surface area (Å²) < 4.78 is 5.27. The number of unbranched alkanes of at least 4 members (excludes halogenated alkanes) is 1. The molecule has 0 aliphatic heterocycles. The van der Waals surface area contributed by atoms with Crippen molar-refractivity contribution in [3.05, 3.63) is 42.5 Å². The van der Waals surface area contributed by atoms with E-state index in [1.165, 1.54) is 0 Å². The van der Waals surface area contributed by atoms with E-state index in [9.17, 15) is 9.59 Å². The Hall–Kier alpha value is -3.39. The molecule has 8 heteroatoms. The molecule has 0 bridgehead atoms. The monoisotopic (exact) mass is 382 g/mol. The molecular weight excluding hydrogens is 360 g/mol. The summed E-state index contributed by atoms with van der Waals surface area (Å²) in [5.41, 5.74) is 4.42. The number of nitrogens with zero attached hydrogens (tertiary/aromatic N) is 1. The SMILES string of the molecule is COc1cccc(-c2ccc3c(NC(=O)CCCCC(=O)NO)n[nH]c3c2)c1. The molecule has 0 aliphatic carbocycles. The first-order valence-electron chi connectivity index (χ1n) is 8.96. The van der Waals surface area contributed by atoms with Crippen LogP contribution in [-0.4, -0.2) is 34.3 Å². The standard InChI is InChI=1S/C20H22N4O4/c1-28-15-6-4-5-13(11-15)14-9-10-16-17(12-14)22-23-20(16)21-18(25)7-2-3-8-19(26)24-27/h4-6,9-12,27H,2-3,7-8H2,1H3,(H,24,26)(H2,21,22,23,25). The number of hydrogen-bond donors (Lipinski definition) is 4. The van der Waals surface area contributed by atoms with Gasteiger partial charge in [0.15, 0.2) is 5.82 Å². The lowest BCUT2D eigenvalue weighted by Gasteiger charge is -2.05. The Morgan fingerprint density at radius 2 is 1.82 bits per heavy atom. The minimum atomic E-state index is -0.453. The third kappa shape index (κ3) is 4.66. The fraction of sp³-hybridized carbons (Fsp3) is 0.250.